The molecule has 0 aromatic carbocycles. The zero-order chi connectivity index (χ0) is 11.8. The summed E-state index contributed by atoms with van der Waals surface area (Å²) in [5.74, 6) is 0.132. The van der Waals surface area contributed by atoms with E-state index in [4.69, 9.17) is 0 Å². The van der Waals surface area contributed by atoms with Gasteiger partial charge in [-0.2, -0.15) is 0 Å². The minimum atomic E-state index is 0.132. The molecule has 1 heterocycles. The first kappa shape index (κ1) is 13.2. The molecule has 1 aromatic heterocycles. The molecule has 4 heteroatoms. The molecule has 0 aliphatic heterocycles. The van der Waals surface area contributed by atoms with Crippen molar-refractivity contribution in [1.29, 1.82) is 0 Å². The second kappa shape index (κ2) is 7.41. The number of rotatable bonds is 7. The van der Waals surface area contributed by atoms with Gasteiger partial charge in [-0.05, 0) is 24.8 Å². The van der Waals surface area contributed by atoms with Crippen LogP contribution in [0.3, 0.4) is 0 Å². The Labute approximate surface area is 101 Å². The van der Waals surface area contributed by atoms with Gasteiger partial charge in [0.25, 0.3) is 0 Å². The number of amides is 1. The van der Waals surface area contributed by atoms with Gasteiger partial charge in [0.05, 0.1) is 0 Å². The van der Waals surface area contributed by atoms with Crippen molar-refractivity contribution in [1.82, 2.24) is 10.6 Å². The quantitative estimate of drug-likeness (QED) is 0.768. The molecule has 3 nitrogen and oxygen atoms in total. The molecule has 0 aliphatic rings. The molecule has 2 N–H and O–H groups in total. The SMILES string of the molecule is CCCNC(=O)CCNC(C)c1cccs1. The van der Waals surface area contributed by atoms with Gasteiger partial charge in [0.15, 0.2) is 0 Å². The summed E-state index contributed by atoms with van der Waals surface area (Å²) < 4.78 is 0. The molecular weight excluding hydrogens is 220 g/mol. The van der Waals surface area contributed by atoms with Gasteiger partial charge in [-0.3, -0.25) is 4.79 Å². The number of nitrogens with one attached hydrogen (secondary N) is 2. The molecule has 0 fully saturated rings. The average Bonchev–Trinajstić information content (AvgIpc) is 2.79. The van der Waals surface area contributed by atoms with E-state index in [0.717, 1.165) is 19.5 Å². The summed E-state index contributed by atoms with van der Waals surface area (Å²) in [7, 11) is 0. The van der Waals surface area contributed by atoms with E-state index in [2.05, 4.69) is 35.9 Å². The van der Waals surface area contributed by atoms with Crippen molar-refractivity contribution >= 4 is 17.2 Å². The molecule has 1 atom stereocenters. The Hall–Kier alpha value is -0.870. The molecule has 1 aromatic rings. The summed E-state index contributed by atoms with van der Waals surface area (Å²) in [6.45, 7) is 5.68. The van der Waals surface area contributed by atoms with Crippen molar-refractivity contribution < 1.29 is 4.79 Å². The summed E-state index contributed by atoms with van der Waals surface area (Å²) >= 11 is 1.74. The van der Waals surface area contributed by atoms with Gasteiger partial charge in [0.2, 0.25) is 5.91 Å². The third-order valence-corrected chi connectivity index (χ3v) is 3.40. The lowest BCUT2D eigenvalue weighted by atomic mass is 10.2. The fourth-order valence-electron chi connectivity index (χ4n) is 1.39. The molecule has 16 heavy (non-hydrogen) atoms. The number of hydrogen-bond donors (Lipinski definition) is 2. The Morgan fingerprint density at radius 3 is 2.94 bits per heavy atom. The number of carbonyl (C=O) groups is 1. The van der Waals surface area contributed by atoms with Gasteiger partial charge in [-0.25, -0.2) is 0 Å². The lowest BCUT2D eigenvalue weighted by Gasteiger charge is -2.11. The lowest BCUT2D eigenvalue weighted by Crippen LogP contribution is -2.29. The number of thiophene rings is 1. The van der Waals surface area contributed by atoms with Gasteiger partial charge < -0.3 is 10.6 Å². The third kappa shape index (κ3) is 4.77. The first-order valence-electron chi connectivity index (χ1n) is 5.77. The Morgan fingerprint density at radius 1 is 1.50 bits per heavy atom. The van der Waals surface area contributed by atoms with Crippen molar-refractivity contribution in [3.63, 3.8) is 0 Å². The maximum Gasteiger partial charge on any atom is 0.221 e. The normalized spacial score (nSPS) is 12.4. The van der Waals surface area contributed by atoms with E-state index in [1.54, 1.807) is 11.3 Å². The standard InChI is InChI=1S/C12H20N2OS/c1-3-7-14-12(15)6-8-13-10(2)11-5-4-9-16-11/h4-5,9-10,13H,3,6-8H2,1-2H3,(H,14,15). The minimum Gasteiger partial charge on any atom is -0.356 e. The predicted molar refractivity (Wildman–Crippen MR) is 68.7 cm³/mol. The molecule has 0 saturated carbocycles. The third-order valence-electron chi connectivity index (χ3n) is 2.34. The molecule has 1 amide bonds. The van der Waals surface area contributed by atoms with Gasteiger partial charge in [-0.15, -0.1) is 11.3 Å². The number of hydrogen-bond acceptors (Lipinski definition) is 3. The highest BCUT2D eigenvalue weighted by Gasteiger charge is 2.06. The van der Waals surface area contributed by atoms with Crippen molar-refractivity contribution in [3.8, 4) is 0 Å². The van der Waals surface area contributed by atoms with Crippen molar-refractivity contribution in [3.05, 3.63) is 22.4 Å². The van der Waals surface area contributed by atoms with Gasteiger partial charge >= 0.3 is 0 Å². The second-order valence-corrected chi connectivity index (χ2v) is 4.77. The average molecular weight is 240 g/mol. The van der Waals surface area contributed by atoms with E-state index in [-0.39, 0.29) is 5.91 Å². The summed E-state index contributed by atoms with van der Waals surface area (Å²) in [4.78, 5) is 12.6. The number of carbonyl (C=O) groups excluding carboxylic acids is 1. The fraction of sp³-hybridized carbons (Fsp3) is 0.583. The minimum absolute atomic E-state index is 0.132. The summed E-state index contributed by atoms with van der Waals surface area (Å²) in [6.07, 6.45) is 1.54. The van der Waals surface area contributed by atoms with E-state index < -0.39 is 0 Å². The van der Waals surface area contributed by atoms with E-state index in [9.17, 15) is 4.79 Å². The second-order valence-electron chi connectivity index (χ2n) is 3.79. The Morgan fingerprint density at radius 2 is 2.31 bits per heavy atom. The van der Waals surface area contributed by atoms with Crippen LogP contribution in [0.2, 0.25) is 0 Å². The van der Waals surface area contributed by atoms with E-state index in [0.29, 0.717) is 12.5 Å². The van der Waals surface area contributed by atoms with Crippen LogP contribution in [0.15, 0.2) is 17.5 Å². The Balaban J connectivity index is 2.13. The Bertz CT molecular complexity index is 298. The highest BCUT2D eigenvalue weighted by molar-refractivity contribution is 7.10. The maximum atomic E-state index is 11.3. The summed E-state index contributed by atoms with van der Waals surface area (Å²) in [5, 5.41) is 8.28. The molecule has 1 rings (SSSR count). The van der Waals surface area contributed by atoms with Crippen LogP contribution in [-0.4, -0.2) is 19.0 Å². The molecule has 0 saturated heterocycles. The maximum absolute atomic E-state index is 11.3. The van der Waals surface area contributed by atoms with Crippen molar-refractivity contribution in [2.24, 2.45) is 0 Å². The van der Waals surface area contributed by atoms with Crippen LogP contribution in [0.1, 0.15) is 37.6 Å². The van der Waals surface area contributed by atoms with Crippen LogP contribution in [-0.2, 0) is 4.79 Å². The van der Waals surface area contributed by atoms with Crippen LogP contribution < -0.4 is 10.6 Å². The molecule has 0 bridgehead atoms. The topological polar surface area (TPSA) is 41.1 Å². The van der Waals surface area contributed by atoms with Crippen LogP contribution in [0, 0.1) is 0 Å². The molecule has 1 unspecified atom stereocenters. The predicted octanol–water partition coefficient (Wildman–Crippen LogP) is 2.32. The molecule has 0 radical (unpaired) electrons. The van der Waals surface area contributed by atoms with Gasteiger partial charge in [0, 0.05) is 30.4 Å². The highest BCUT2D eigenvalue weighted by Crippen LogP contribution is 2.17. The highest BCUT2D eigenvalue weighted by atomic mass is 32.1. The smallest absolute Gasteiger partial charge is 0.221 e. The summed E-state index contributed by atoms with van der Waals surface area (Å²) in [6, 6.07) is 4.49. The van der Waals surface area contributed by atoms with Crippen molar-refractivity contribution in [2.45, 2.75) is 32.7 Å². The van der Waals surface area contributed by atoms with E-state index in [1.807, 2.05) is 6.07 Å². The van der Waals surface area contributed by atoms with Gasteiger partial charge in [-0.1, -0.05) is 13.0 Å². The molecule has 90 valence electrons. The monoisotopic (exact) mass is 240 g/mol. The molecular formula is C12H20N2OS. The van der Waals surface area contributed by atoms with Crippen LogP contribution in [0.4, 0.5) is 0 Å². The fourth-order valence-corrected chi connectivity index (χ4v) is 2.15. The summed E-state index contributed by atoms with van der Waals surface area (Å²) in [5.41, 5.74) is 0. The van der Waals surface area contributed by atoms with Crippen LogP contribution in [0.25, 0.3) is 0 Å². The Kier molecular flexibility index (Phi) is 6.11. The van der Waals surface area contributed by atoms with Crippen molar-refractivity contribution in [2.75, 3.05) is 13.1 Å². The molecule has 0 aliphatic carbocycles. The largest absolute Gasteiger partial charge is 0.356 e. The van der Waals surface area contributed by atoms with E-state index in [1.165, 1.54) is 4.88 Å². The zero-order valence-corrected chi connectivity index (χ0v) is 10.8. The molecule has 0 spiro atoms. The van der Waals surface area contributed by atoms with Crippen LogP contribution in [0.5, 0.6) is 0 Å². The zero-order valence-electron chi connectivity index (χ0n) is 9.95. The lowest BCUT2D eigenvalue weighted by molar-refractivity contribution is -0.121. The van der Waals surface area contributed by atoms with Crippen LogP contribution >= 0.6 is 11.3 Å². The van der Waals surface area contributed by atoms with Gasteiger partial charge in [0.1, 0.15) is 0 Å². The first-order valence-corrected chi connectivity index (χ1v) is 6.65. The van der Waals surface area contributed by atoms with E-state index >= 15 is 0 Å². The first-order chi connectivity index (χ1) is 7.74.